The van der Waals surface area contributed by atoms with Crippen molar-refractivity contribution in [3.63, 3.8) is 0 Å². The molecule has 2 aromatic heterocycles. The third-order valence-electron chi connectivity index (χ3n) is 6.41. The van der Waals surface area contributed by atoms with Gasteiger partial charge in [0.1, 0.15) is 11.9 Å². The fourth-order valence-corrected chi connectivity index (χ4v) is 4.56. The quantitative estimate of drug-likeness (QED) is 0.331. The number of H-pyrrole nitrogens is 1. The number of nitrogens with one attached hydrogen (secondary N) is 4. The number of rotatable bonds is 5. The molecule has 4 N–H and O–H groups in total. The van der Waals surface area contributed by atoms with Crippen LogP contribution in [0.1, 0.15) is 37.5 Å². The monoisotopic (exact) mass is 466 g/mol. The molecule has 2 unspecified atom stereocenters. The predicted molar refractivity (Wildman–Crippen MR) is 134 cm³/mol. The zero-order valence-electron chi connectivity index (χ0n) is 19.2. The Morgan fingerprint density at radius 2 is 2.06 bits per heavy atom. The first-order valence-corrected chi connectivity index (χ1v) is 12.1. The molecule has 1 fully saturated rings. The molecule has 4 heterocycles. The van der Waals surface area contributed by atoms with E-state index in [-0.39, 0.29) is 18.0 Å². The van der Waals surface area contributed by atoms with Gasteiger partial charge in [0.05, 0.1) is 23.3 Å². The first-order valence-electron chi connectivity index (χ1n) is 12.1. The molecule has 1 amide bonds. The number of oxazole rings is 1. The van der Waals surface area contributed by atoms with E-state index in [2.05, 4.69) is 42.7 Å². The maximum atomic E-state index is 12.6. The van der Waals surface area contributed by atoms with E-state index in [0.29, 0.717) is 11.7 Å². The molecule has 0 aliphatic carbocycles. The summed E-state index contributed by atoms with van der Waals surface area (Å²) in [6, 6.07) is 13.3. The van der Waals surface area contributed by atoms with Gasteiger partial charge in [0, 0.05) is 29.8 Å². The van der Waals surface area contributed by atoms with E-state index in [1.165, 1.54) is 0 Å². The SMILES string of the molecule is O=C(Nc1cccc(-c2ncc(-c3ccc4nc(C5C#CCCN5)[nH]c4c3)o2)c1)C1CCCCN1. The Labute approximate surface area is 202 Å². The van der Waals surface area contributed by atoms with Crippen molar-refractivity contribution in [2.45, 2.75) is 37.8 Å². The van der Waals surface area contributed by atoms with E-state index in [1.54, 1.807) is 6.20 Å². The van der Waals surface area contributed by atoms with Crippen molar-refractivity contribution in [1.29, 1.82) is 0 Å². The molecule has 8 nitrogen and oxygen atoms in total. The summed E-state index contributed by atoms with van der Waals surface area (Å²) in [6.07, 6.45) is 5.64. The molecule has 2 aromatic carbocycles. The number of carbonyl (C=O) groups excluding carboxylic acids is 1. The van der Waals surface area contributed by atoms with E-state index < -0.39 is 0 Å². The molecule has 2 atom stereocenters. The molecule has 4 aromatic rings. The molecule has 0 bridgehead atoms. The number of fused-ring (bicyclic) bond motifs is 1. The molecule has 2 aliphatic rings. The van der Waals surface area contributed by atoms with Gasteiger partial charge in [-0.05, 0) is 55.8 Å². The number of aromatic amines is 1. The van der Waals surface area contributed by atoms with E-state index in [1.807, 2.05) is 42.5 Å². The number of benzene rings is 2. The average Bonchev–Trinajstić information content (AvgIpc) is 3.57. The van der Waals surface area contributed by atoms with Crippen LogP contribution in [0.5, 0.6) is 0 Å². The standard InChI is InChI=1S/C27H26N6O2/c34-26(22-9-2-4-13-29-22)31-19-7-5-6-18(14-19)27-30-16-24(35-27)17-10-11-20-23(15-17)33-25(32-20)21-8-1-3-12-28-21/h5-7,10-11,14-16,21-22,28-29H,2-4,9,12-13H2,(H,31,34)(H,32,33). The van der Waals surface area contributed by atoms with Crippen molar-refractivity contribution in [2.24, 2.45) is 0 Å². The van der Waals surface area contributed by atoms with Crippen molar-refractivity contribution in [2.75, 3.05) is 18.4 Å². The molecule has 2 aliphatic heterocycles. The van der Waals surface area contributed by atoms with Gasteiger partial charge >= 0.3 is 0 Å². The summed E-state index contributed by atoms with van der Waals surface area (Å²) in [5, 5.41) is 9.67. The first-order chi connectivity index (χ1) is 17.2. The van der Waals surface area contributed by atoms with Crippen molar-refractivity contribution >= 4 is 22.6 Å². The molecule has 8 heteroatoms. The van der Waals surface area contributed by atoms with Gasteiger partial charge in [-0.15, -0.1) is 0 Å². The van der Waals surface area contributed by atoms with Crippen LogP contribution in [0.2, 0.25) is 0 Å². The number of nitrogens with zero attached hydrogens (tertiary/aromatic N) is 2. The fourth-order valence-electron chi connectivity index (χ4n) is 4.56. The van der Waals surface area contributed by atoms with Crippen LogP contribution in [-0.4, -0.2) is 40.0 Å². The number of carbonyl (C=O) groups is 1. The van der Waals surface area contributed by atoms with Gasteiger partial charge in [-0.3, -0.25) is 10.1 Å². The lowest BCUT2D eigenvalue weighted by molar-refractivity contribution is -0.118. The Morgan fingerprint density at radius 1 is 1.09 bits per heavy atom. The van der Waals surface area contributed by atoms with Crippen LogP contribution in [0.25, 0.3) is 33.8 Å². The third-order valence-corrected chi connectivity index (χ3v) is 6.41. The van der Waals surface area contributed by atoms with E-state index in [4.69, 9.17) is 4.42 Å². The molecule has 1 saturated heterocycles. The highest BCUT2D eigenvalue weighted by molar-refractivity contribution is 5.95. The summed E-state index contributed by atoms with van der Waals surface area (Å²) >= 11 is 0. The predicted octanol–water partition coefficient (Wildman–Crippen LogP) is 4.00. The number of piperidine rings is 1. The second kappa shape index (κ2) is 9.37. The summed E-state index contributed by atoms with van der Waals surface area (Å²) in [5.74, 6) is 8.31. The molecule has 0 spiro atoms. The molecule has 6 rings (SSSR count). The van der Waals surface area contributed by atoms with Gasteiger partial charge in [0.15, 0.2) is 5.76 Å². The number of amides is 1. The van der Waals surface area contributed by atoms with Gasteiger partial charge in [-0.25, -0.2) is 9.97 Å². The fraction of sp³-hybridized carbons (Fsp3) is 0.296. The smallest absolute Gasteiger partial charge is 0.241 e. The van der Waals surface area contributed by atoms with Crippen molar-refractivity contribution in [3.05, 3.63) is 54.5 Å². The molecule has 176 valence electrons. The van der Waals surface area contributed by atoms with E-state index in [0.717, 1.165) is 72.4 Å². The normalized spacial score (nSPS) is 19.8. The van der Waals surface area contributed by atoms with Crippen LogP contribution in [0, 0.1) is 11.8 Å². The van der Waals surface area contributed by atoms with E-state index in [9.17, 15) is 4.79 Å². The van der Waals surface area contributed by atoms with Crippen molar-refractivity contribution in [3.8, 4) is 34.6 Å². The van der Waals surface area contributed by atoms with Crippen LogP contribution in [-0.2, 0) is 4.79 Å². The van der Waals surface area contributed by atoms with Crippen LogP contribution in [0.3, 0.4) is 0 Å². The molecular weight excluding hydrogens is 440 g/mol. The molecule has 35 heavy (non-hydrogen) atoms. The lowest BCUT2D eigenvalue weighted by Crippen LogP contribution is -2.43. The Balaban J connectivity index is 1.21. The summed E-state index contributed by atoms with van der Waals surface area (Å²) in [6.45, 7) is 1.75. The third kappa shape index (κ3) is 4.56. The van der Waals surface area contributed by atoms with Gasteiger partial charge < -0.3 is 20.0 Å². The highest BCUT2D eigenvalue weighted by Crippen LogP contribution is 2.29. The lowest BCUT2D eigenvalue weighted by Gasteiger charge is -2.22. The second-order valence-corrected chi connectivity index (χ2v) is 8.91. The maximum absolute atomic E-state index is 12.6. The van der Waals surface area contributed by atoms with Gasteiger partial charge in [-0.1, -0.05) is 24.3 Å². The van der Waals surface area contributed by atoms with Gasteiger partial charge in [0.25, 0.3) is 0 Å². The van der Waals surface area contributed by atoms with Crippen molar-refractivity contribution in [1.82, 2.24) is 25.6 Å². The van der Waals surface area contributed by atoms with E-state index >= 15 is 0 Å². The Kier molecular flexibility index (Phi) is 5.78. The average molecular weight is 467 g/mol. The second-order valence-electron chi connectivity index (χ2n) is 8.91. The Hall–Kier alpha value is -3.93. The highest BCUT2D eigenvalue weighted by atomic mass is 16.4. The topological polar surface area (TPSA) is 108 Å². The Bertz CT molecular complexity index is 1440. The van der Waals surface area contributed by atoms with Crippen LogP contribution in [0.4, 0.5) is 5.69 Å². The largest absolute Gasteiger partial charge is 0.436 e. The minimum Gasteiger partial charge on any atom is -0.436 e. The molecular formula is C27H26N6O2. The summed E-state index contributed by atoms with van der Waals surface area (Å²) < 4.78 is 6.10. The summed E-state index contributed by atoms with van der Waals surface area (Å²) in [7, 11) is 0. The number of anilines is 1. The maximum Gasteiger partial charge on any atom is 0.241 e. The van der Waals surface area contributed by atoms with Crippen LogP contribution >= 0.6 is 0 Å². The number of aromatic nitrogens is 3. The number of imidazole rings is 1. The summed E-state index contributed by atoms with van der Waals surface area (Å²) in [4.78, 5) is 25.1. The zero-order valence-corrected chi connectivity index (χ0v) is 19.2. The molecule has 0 radical (unpaired) electrons. The van der Waals surface area contributed by atoms with Gasteiger partial charge in [-0.2, -0.15) is 0 Å². The van der Waals surface area contributed by atoms with Crippen LogP contribution < -0.4 is 16.0 Å². The van der Waals surface area contributed by atoms with Gasteiger partial charge in [0.2, 0.25) is 11.8 Å². The lowest BCUT2D eigenvalue weighted by atomic mass is 10.0. The summed E-state index contributed by atoms with van der Waals surface area (Å²) in [5.41, 5.74) is 4.24. The number of hydrogen-bond donors (Lipinski definition) is 4. The highest BCUT2D eigenvalue weighted by Gasteiger charge is 2.21. The minimum absolute atomic E-state index is 0.00317. The molecule has 0 saturated carbocycles. The van der Waals surface area contributed by atoms with Crippen LogP contribution in [0.15, 0.2) is 53.1 Å². The number of hydrogen-bond acceptors (Lipinski definition) is 6. The van der Waals surface area contributed by atoms with Crippen molar-refractivity contribution < 1.29 is 9.21 Å². The first kappa shape index (κ1) is 21.6. The minimum atomic E-state index is -0.139. The Morgan fingerprint density at radius 3 is 2.91 bits per heavy atom. The zero-order chi connectivity index (χ0) is 23.6.